The molecule has 0 fully saturated rings. The summed E-state index contributed by atoms with van der Waals surface area (Å²) in [7, 11) is 1.66. The van der Waals surface area contributed by atoms with Gasteiger partial charge in [-0.2, -0.15) is 0 Å². The third-order valence-corrected chi connectivity index (χ3v) is 3.70. The average Bonchev–Trinajstić information content (AvgIpc) is 2.47. The quantitative estimate of drug-likeness (QED) is 0.825. The summed E-state index contributed by atoms with van der Waals surface area (Å²) in [4.78, 5) is 16.7. The number of pyridine rings is 1. The summed E-state index contributed by atoms with van der Waals surface area (Å²) >= 11 is 3.50. The minimum atomic E-state index is -0.0688. The number of alkyl halides is 1. The van der Waals surface area contributed by atoms with E-state index in [2.05, 4.69) is 26.2 Å². The van der Waals surface area contributed by atoms with Crippen molar-refractivity contribution in [2.45, 2.75) is 11.2 Å². The predicted molar refractivity (Wildman–Crippen MR) is 83.3 cm³/mol. The molecule has 20 heavy (non-hydrogen) atoms. The van der Waals surface area contributed by atoms with Crippen LogP contribution < -0.4 is 5.32 Å². The summed E-state index contributed by atoms with van der Waals surface area (Å²) in [5, 5.41) is 3.80. The summed E-state index contributed by atoms with van der Waals surface area (Å²) in [5.74, 6) is -0.0688. The molecule has 2 rings (SSSR count). The molecule has 0 saturated carbocycles. The zero-order valence-corrected chi connectivity index (χ0v) is 12.9. The Labute approximate surface area is 126 Å². The zero-order chi connectivity index (χ0) is 14.4. The van der Waals surface area contributed by atoms with E-state index in [1.807, 2.05) is 30.3 Å². The number of rotatable bonds is 6. The first-order valence-electron chi connectivity index (χ1n) is 6.47. The van der Waals surface area contributed by atoms with Crippen LogP contribution in [0.3, 0.4) is 0 Å². The highest BCUT2D eigenvalue weighted by Crippen LogP contribution is 2.16. The number of aromatic nitrogens is 1. The summed E-state index contributed by atoms with van der Waals surface area (Å²) in [5.41, 5.74) is 1.49. The molecule has 0 spiro atoms. The summed E-state index contributed by atoms with van der Waals surface area (Å²) in [6.07, 6.45) is 2.55. The minimum absolute atomic E-state index is 0.0688. The first-order valence-corrected chi connectivity index (χ1v) is 7.39. The molecule has 1 amide bonds. The number of hydrogen-bond acceptors (Lipinski definition) is 3. The molecule has 0 saturated heterocycles. The molecule has 1 atom stereocenters. The number of amides is 1. The molecule has 0 radical (unpaired) electrons. The van der Waals surface area contributed by atoms with Gasteiger partial charge in [0, 0.05) is 35.6 Å². The van der Waals surface area contributed by atoms with Crippen LogP contribution in [0.15, 0.2) is 36.5 Å². The normalized spacial score (nSPS) is 12.3. The highest BCUT2D eigenvalue weighted by Gasteiger charge is 2.10. The van der Waals surface area contributed by atoms with Crippen LogP contribution in [0.25, 0.3) is 10.9 Å². The lowest BCUT2D eigenvalue weighted by molar-refractivity contribution is 0.0953. The fourth-order valence-corrected chi connectivity index (χ4v) is 2.50. The van der Waals surface area contributed by atoms with E-state index in [9.17, 15) is 4.79 Å². The van der Waals surface area contributed by atoms with Crippen LogP contribution in [-0.2, 0) is 4.74 Å². The molecule has 1 aromatic carbocycles. The third kappa shape index (κ3) is 3.77. The molecule has 0 aliphatic carbocycles. The molecule has 2 aromatic rings. The van der Waals surface area contributed by atoms with Gasteiger partial charge in [0.05, 0.1) is 12.1 Å². The molecular weight excluding hydrogens is 320 g/mol. The number of methoxy groups -OCH3 is 1. The number of fused-ring (bicyclic) bond motifs is 1. The van der Waals surface area contributed by atoms with Crippen LogP contribution in [0.4, 0.5) is 0 Å². The number of ether oxygens (including phenoxy) is 1. The molecule has 0 aliphatic rings. The van der Waals surface area contributed by atoms with Crippen LogP contribution in [0, 0.1) is 0 Å². The number of benzene rings is 1. The van der Waals surface area contributed by atoms with Crippen LogP contribution >= 0.6 is 15.9 Å². The van der Waals surface area contributed by atoms with Crippen molar-refractivity contribution in [2.24, 2.45) is 0 Å². The Morgan fingerprint density at radius 1 is 1.40 bits per heavy atom. The zero-order valence-electron chi connectivity index (χ0n) is 11.3. The molecule has 1 unspecified atom stereocenters. The number of carbonyl (C=O) groups is 1. The van der Waals surface area contributed by atoms with E-state index in [0.717, 1.165) is 17.3 Å². The van der Waals surface area contributed by atoms with Gasteiger partial charge in [-0.25, -0.2) is 0 Å². The van der Waals surface area contributed by atoms with Crippen molar-refractivity contribution in [1.82, 2.24) is 10.3 Å². The largest absolute Gasteiger partial charge is 0.384 e. The Kier molecular flexibility index (Phi) is 5.49. The fourth-order valence-electron chi connectivity index (χ4n) is 2.00. The van der Waals surface area contributed by atoms with Crippen molar-refractivity contribution in [3.8, 4) is 0 Å². The summed E-state index contributed by atoms with van der Waals surface area (Å²) in [6.45, 7) is 1.24. The van der Waals surface area contributed by atoms with E-state index < -0.39 is 0 Å². The average molecular weight is 337 g/mol. The third-order valence-electron chi connectivity index (χ3n) is 2.98. The van der Waals surface area contributed by atoms with E-state index in [4.69, 9.17) is 4.74 Å². The monoisotopic (exact) mass is 336 g/mol. The Morgan fingerprint density at radius 2 is 2.25 bits per heavy atom. The summed E-state index contributed by atoms with van der Waals surface area (Å²) < 4.78 is 5.04. The Bertz CT molecular complexity index is 584. The lowest BCUT2D eigenvalue weighted by Gasteiger charge is -2.10. The standard InChI is InChI=1S/C15H17BrN2O2/c1-20-10-11(16)7-9-18-15(19)13-4-2-6-14-12(13)5-3-8-17-14/h2-6,8,11H,7,9-10H2,1H3,(H,18,19). The number of nitrogens with one attached hydrogen (secondary N) is 1. The highest BCUT2D eigenvalue weighted by atomic mass is 79.9. The SMILES string of the molecule is COCC(Br)CCNC(=O)c1cccc2ncccc12. The van der Waals surface area contributed by atoms with Gasteiger partial charge in [0.2, 0.25) is 0 Å². The van der Waals surface area contributed by atoms with Gasteiger partial charge in [0.1, 0.15) is 0 Å². The predicted octanol–water partition coefficient (Wildman–Crippen LogP) is 2.76. The number of hydrogen-bond donors (Lipinski definition) is 1. The number of nitrogens with zero attached hydrogens (tertiary/aromatic N) is 1. The van der Waals surface area contributed by atoms with Crippen molar-refractivity contribution < 1.29 is 9.53 Å². The van der Waals surface area contributed by atoms with E-state index in [1.165, 1.54) is 0 Å². The van der Waals surface area contributed by atoms with E-state index in [0.29, 0.717) is 18.7 Å². The lowest BCUT2D eigenvalue weighted by atomic mass is 10.1. The number of halogens is 1. The van der Waals surface area contributed by atoms with Gasteiger partial charge in [0.25, 0.3) is 5.91 Å². The second kappa shape index (κ2) is 7.36. The van der Waals surface area contributed by atoms with Crippen molar-refractivity contribution in [3.63, 3.8) is 0 Å². The molecule has 0 bridgehead atoms. The van der Waals surface area contributed by atoms with Gasteiger partial charge >= 0.3 is 0 Å². The van der Waals surface area contributed by atoms with Crippen LogP contribution in [0.2, 0.25) is 0 Å². The smallest absolute Gasteiger partial charge is 0.251 e. The maximum atomic E-state index is 12.2. The van der Waals surface area contributed by atoms with Crippen LogP contribution in [0.1, 0.15) is 16.8 Å². The topological polar surface area (TPSA) is 51.2 Å². The van der Waals surface area contributed by atoms with Crippen molar-refractivity contribution in [1.29, 1.82) is 0 Å². The second-order valence-corrected chi connectivity index (χ2v) is 5.77. The maximum absolute atomic E-state index is 12.2. The first-order chi connectivity index (χ1) is 9.72. The minimum Gasteiger partial charge on any atom is -0.384 e. The van der Waals surface area contributed by atoms with Crippen molar-refractivity contribution in [3.05, 3.63) is 42.1 Å². The van der Waals surface area contributed by atoms with Gasteiger partial charge in [-0.3, -0.25) is 9.78 Å². The molecule has 4 nitrogen and oxygen atoms in total. The molecule has 1 heterocycles. The molecule has 1 aromatic heterocycles. The van der Waals surface area contributed by atoms with Crippen molar-refractivity contribution in [2.75, 3.05) is 20.3 Å². The maximum Gasteiger partial charge on any atom is 0.251 e. The molecule has 0 aliphatic heterocycles. The fraction of sp³-hybridized carbons (Fsp3) is 0.333. The van der Waals surface area contributed by atoms with Gasteiger partial charge < -0.3 is 10.1 Å². The molecule has 1 N–H and O–H groups in total. The lowest BCUT2D eigenvalue weighted by Crippen LogP contribution is -2.27. The molecule has 106 valence electrons. The van der Waals surface area contributed by atoms with Crippen molar-refractivity contribution >= 4 is 32.7 Å². The van der Waals surface area contributed by atoms with Gasteiger partial charge in [-0.15, -0.1) is 0 Å². The van der Waals surface area contributed by atoms with Gasteiger partial charge in [-0.05, 0) is 24.6 Å². The first kappa shape index (κ1) is 14.9. The van der Waals surface area contributed by atoms with E-state index >= 15 is 0 Å². The Balaban J connectivity index is 2.01. The highest BCUT2D eigenvalue weighted by molar-refractivity contribution is 9.09. The second-order valence-electron chi connectivity index (χ2n) is 4.47. The van der Waals surface area contributed by atoms with Gasteiger partial charge in [0.15, 0.2) is 0 Å². The summed E-state index contributed by atoms with van der Waals surface area (Å²) in [6, 6.07) is 9.32. The molecular formula is C15H17BrN2O2. The Hall–Kier alpha value is -1.46. The van der Waals surface area contributed by atoms with Crippen LogP contribution in [-0.4, -0.2) is 36.0 Å². The van der Waals surface area contributed by atoms with Crippen LogP contribution in [0.5, 0.6) is 0 Å². The van der Waals surface area contributed by atoms with Gasteiger partial charge in [-0.1, -0.05) is 28.1 Å². The Morgan fingerprint density at radius 3 is 3.05 bits per heavy atom. The van der Waals surface area contributed by atoms with E-state index in [-0.39, 0.29) is 10.7 Å². The van der Waals surface area contributed by atoms with E-state index in [1.54, 1.807) is 13.3 Å². The molecule has 5 heteroatoms. The number of carbonyl (C=O) groups excluding carboxylic acids is 1.